The van der Waals surface area contributed by atoms with Gasteiger partial charge in [0.05, 0.1) is 54.5 Å². The Hall–Kier alpha value is -9.10. The highest BCUT2D eigenvalue weighted by Gasteiger charge is 2.40. The number of esters is 2. The Balaban J connectivity index is 0.893. The van der Waals surface area contributed by atoms with Crippen LogP contribution >= 0.6 is 0 Å². The number of nitrogens with zero attached hydrogens (tertiary/aromatic N) is 3. The molecule has 3 unspecified atom stereocenters. The molecule has 0 bridgehead atoms. The van der Waals surface area contributed by atoms with E-state index < -0.39 is 48.1 Å². The zero-order valence-corrected chi connectivity index (χ0v) is 63.2. The van der Waals surface area contributed by atoms with E-state index in [-0.39, 0.29) is 55.4 Å². The number of Topliss-reactive ketones (excluding diaryl/α,β-unsaturated/α-hetero) is 2. The molecule has 6 aromatic carbocycles. The lowest BCUT2D eigenvalue weighted by atomic mass is 9.91. The van der Waals surface area contributed by atoms with E-state index in [4.69, 9.17) is 47.4 Å². The van der Waals surface area contributed by atoms with Crippen LogP contribution in [-0.2, 0) is 51.1 Å². The van der Waals surface area contributed by atoms with Crippen molar-refractivity contribution >= 4 is 35.3 Å². The molecule has 0 aromatic heterocycles. The number of benzene rings is 6. The number of amides is 2. The number of hydrogen-bond donors (Lipinski definition) is 0. The van der Waals surface area contributed by atoms with E-state index in [1.165, 1.54) is 11.1 Å². The summed E-state index contributed by atoms with van der Waals surface area (Å²) in [6.45, 7) is 13.1. The molecule has 0 radical (unpaired) electrons. The number of likely N-dealkylation sites (tertiary alicyclic amines) is 2. The molecule has 0 saturated carbocycles. The summed E-state index contributed by atoms with van der Waals surface area (Å²) in [5.41, 5.74) is 9.04. The summed E-state index contributed by atoms with van der Waals surface area (Å²) in [5, 5.41) is 0. The standard InChI is InChI=1S/C84H109N3O16/c1-15-69(63-44-56(5)79(98-13)77(49-63)96-11)81(90)86-41-19-17-27-71(86)83(92)102-73(38-33-58-30-29-54(3)55(4)43-58)61-23-21-25-67(47-61)100-52-65(88)36-31-60(51-85(7)8)32-37-66(89)53-101-68-26-22-24-62(48-68)74(39-34-59-35-40-75(94-9)76(46-59)95-10)103-84(93)72-28-18-20-42-87(72)82(91)70(16-2)64-45-57(6)80(99-14)78(50-64)97-12/h21-26,29-30,35,40,43-50,60,69-74H,15-20,27-28,31-34,36-39,41-42,51-53H2,1-14H3/t60?,69-,70-,71-,72?,73?,74+/m0/s1. The van der Waals surface area contributed by atoms with Crippen LogP contribution < -0.4 is 37.9 Å². The van der Waals surface area contributed by atoms with Crippen molar-refractivity contribution in [3.63, 3.8) is 0 Å². The zero-order valence-electron chi connectivity index (χ0n) is 63.2. The Kier molecular flexibility index (Phi) is 30.1. The molecule has 0 spiro atoms. The first-order chi connectivity index (χ1) is 49.6. The SMILES string of the molecule is CC[C@H](C(=O)N1CCCCC1C(=O)O[C@H](CCc1ccc(OC)c(OC)c1)c1cccc(OCC(=O)CCC(CCC(=O)COc2cccc(C(CCc3ccc(C)c(C)c3)OC(=O)[C@@H]3CCCCN3C(=O)[C@@H](CC)c3cc(C)c(OC)c(OC)c3)c2)CN(C)C)c1)c1cc(C)c(OC)c(OC)c1. The molecule has 2 heterocycles. The van der Waals surface area contributed by atoms with Crippen molar-refractivity contribution in [3.8, 4) is 46.0 Å². The van der Waals surface area contributed by atoms with Crippen LogP contribution in [0.2, 0.25) is 0 Å². The molecular weight excluding hydrogens is 1310 g/mol. The minimum Gasteiger partial charge on any atom is -0.493 e. The van der Waals surface area contributed by atoms with Crippen LogP contribution in [0.1, 0.15) is 183 Å². The fourth-order valence-corrected chi connectivity index (χ4v) is 14.4. The summed E-state index contributed by atoms with van der Waals surface area (Å²) in [6, 6.07) is 32.7. The molecule has 2 amide bonds. The Morgan fingerprint density at radius 2 is 0.903 bits per heavy atom. The van der Waals surface area contributed by atoms with Crippen LogP contribution in [0.25, 0.3) is 0 Å². The molecule has 2 aliphatic rings. The van der Waals surface area contributed by atoms with Gasteiger partial charge in [0, 0.05) is 32.5 Å². The van der Waals surface area contributed by atoms with Crippen molar-refractivity contribution < 1.29 is 76.1 Å². The van der Waals surface area contributed by atoms with Gasteiger partial charge in [-0.05, 0) is 242 Å². The third-order valence-corrected chi connectivity index (χ3v) is 20.2. The highest BCUT2D eigenvalue weighted by molar-refractivity contribution is 5.90. The molecule has 2 saturated heterocycles. The largest absolute Gasteiger partial charge is 0.493 e. The van der Waals surface area contributed by atoms with E-state index in [1.807, 2.05) is 115 Å². The molecule has 6 aromatic rings. The monoisotopic (exact) mass is 1420 g/mol. The molecule has 0 aliphatic carbocycles. The van der Waals surface area contributed by atoms with E-state index in [0.717, 1.165) is 59.1 Å². The fourth-order valence-electron chi connectivity index (χ4n) is 14.4. The van der Waals surface area contributed by atoms with Crippen LogP contribution in [0, 0.1) is 33.6 Å². The average Bonchev–Trinajstić information content (AvgIpc) is 0.800. The predicted octanol–water partition coefficient (Wildman–Crippen LogP) is 14.9. The summed E-state index contributed by atoms with van der Waals surface area (Å²) in [6.07, 6.45) is 7.04. The molecule has 7 atom stereocenters. The van der Waals surface area contributed by atoms with Crippen molar-refractivity contribution in [2.75, 3.05) is 89.6 Å². The number of aryl methyl sites for hydroxylation is 6. The summed E-state index contributed by atoms with van der Waals surface area (Å²) >= 11 is 0. The van der Waals surface area contributed by atoms with Crippen LogP contribution in [0.15, 0.2) is 109 Å². The lowest BCUT2D eigenvalue weighted by Gasteiger charge is -2.37. The molecule has 2 aliphatic heterocycles. The third-order valence-electron chi connectivity index (χ3n) is 20.2. The van der Waals surface area contributed by atoms with Gasteiger partial charge < -0.3 is 62.1 Å². The van der Waals surface area contributed by atoms with E-state index in [1.54, 1.807) is 70.7 Å². The molecular formula is C84H109N3O16. The van der Waals surface area contributed by atoms with E-state index >= 15 is 0 Å². The van der Waals surface area contributed by atoms with Crippen molar-refractivity contribution in [1.29, 1.82) is 0 Å². The first kappa shape index (κ1) is 79.6. The normalized spacial score (nSPS) is 16.0. The highest BCUT2D eigenvalue weighted by atomic mass is 16.6. The summed E-state index contributed by atoms with van der Waals surface area (Å²) in [5.74, 6) is 1.86. The van der Waals surface area contributed by atoms with Gasteiger partial charge in [-0.2, -0.15) is 0 Å². The maximum Gasteiger partial charge on any atom is 0.329 e. The van der Waals surface area contributed by atoms with Crippen LogP contribution in [-0.4, -0.2) is 152 Å². The van der Waals surface area contributed by atoms with E-state index in [2.05, 4.69) is 36.9 Å². The van der Waals surface area contributed by atoms with Crippen molar-refractivity contribution in [1.82, 2.24) is 14.7 Å². The van der Waals surface area contributed by atoms with Crippen LogP contribution in [0.4, 0.5) is 0 Å². The number of hydrogen-bond acceptors (Lipinski definition) is 17. The minimum atomic E-state index is -0.808. The van der Waals surface area contributed by atoms with Gasteiger partial charge in [-0.25, -0.2) is 9.59 Å². The van der Waals surface area contributed by atoms with Gasteiger partial charge in [-0.1, -0.05) is 74.5 Å². The van der Waals surface area contributed by atoms with Crippen molar-refractivity contribution in [3.05, 3.63) is 165 Å². The summed E-state index contributed by atoms with van der Waals surface area (Å²) in [7, 11) is 13.4. The second-order valence-electron chi connectivity index (χ2n) is 27.7. The maximum absolute atomic E-state index is 14.7. The van der Waals surface area contributed by atoms with Gasteiger partial charge in [-0.15, -0.1) is 0 Å². The number of ether oxygens (including phenoxy) is 10. The summed E-state index contributed by atoms with van der Waals surface area (Å²) in [4.78, 5) is 91.6. The lowest BCUT2D eigenvalue weighted by molar-refractivity contribution is -0.162. The van der Waals surface area contributed by atoms with Crippen molar-refractivity contribution in [2.24, 2.45) is 5.92 Å². The summed E-state index contributed by atoms with van der Waals surface area (Å²) < 4.78 is 59.1. The van der Waals surface area contributed by atoms with Gasteiger partial charge in [0.1, 0.15) is 49.0 Å². The quantitative estimate of drug-likeness (QED) is 0.0331. The molecule has 2 fully saturated rings. The Labute approximate surface area is 610 Å². The Bertz CT molecular complexity index is 3850. The van der Waals surface area contributed by atoms with Gasteiger partial charge in [-0.3, -0.25) is 19.2 Å². The molecule has 556 valence electrons. The molecule has 103 heavy (non-hydrogen) atoms. The van der Waals surface area contributed by atoms with E-state index in [9.17, 15) is 28.8 Å². The lowest BCUT2D eigenvalue weighted by Crippen LogP contribution is -2.50. The maximum atomic E-state index is 14.7. The molecule has 19 heteroatoms. The number of piperidine rings is 2. The second kappa shape index (κ2) is 39.0. The number of ketones is 2. The first-order valence-electron chi connectivity index (χ1n) is 36.5. The molecule has 19 nitrogen and oxygen atoms in total. The minimum absolute atomic E-state index is 0.0141. The average molecular weight is 1420 g/mol. The first-order valence-corrected chi connectivity index (χ1v) is 36.5. The van der Waals surface area contributed by atoms with Gasteiger partial charge >= 0.3 is 11.9 Å². The topological polar surface area (TPSA) is 204 Å². The van der Waals surface area contributed by atoms with Gasteiger partial charge in [0.25, 0.3) is 0 Å². The number of rotatable bonds is 38. The Morgan fingerprint density at radius 1 is 0.456 bits per heavy atom. The molecule has 0 N–H and O–H groups in total. The number of methoxy groups -OCH3 is 6. The zero-order chi connectivity index (χ0) is 74.3. The number of carbonyl (C=O) groups excluding carboxylic acids is 6. The Morgan fingerprint density at radius 3 is 1.32 bits per heavy atom. The predicted molar refractivity (Wildman–Crippen MR) is 398 cm³/mol. The van der Waals surface area contributed by atoms with E-state index in [0.29, 0.717) is 141 Å². The smallest absolute Gasteiger partial charge is 0.329 e. The van der Waals surface area contributed by atoms with Gasteiger partial charge in [0.15, 0.2) is 46.1 Å². The highest BCUT2D eigenvalue weighted by Crippen LogP contribution is 2.41. The molecule has 8 rings (SSSR count). The second-order valence-corrected chi connectivity index (χ2v) is 27.7. The van der Waals surface area contributed by atoms with Crippen molar-refractivity contribution in [2.45, 2.75) is 180 Å². The van der Waals surface area contributed by atoms with Crippen LogP contribution in [0.3, 0.4) is 0 Å². The third kappa shape index (κ3) is 21.5. The van der Waals surface area contributed by atoms with Gasteiger partial charge in [0.2, 0.25) is 11.8 Å². The fraction of sp³-hybridized carbons (Fsp3) is 0.500. The number of carbonyl (C=O) groups is 6. The van der Waals surface area contributed by atoms with Crippen LogP contribution in [0.5, 0.6) is 46.0 Å².